The van der Waals surface area contributed by atoms with Crippen molar-refractivity contribution in [3.63, 3.8) is 0 Å². The SMILES string of the molecule is C1=CC=CC(c2nc(-c3ccccc3)nc(-c3ccccc3)n2)=CC=1n1c2ccccc2c2ccc(-c3ccc4c(c3)c3ccccc3n4CC34C=CC=CC3C4)cc21. The average molecular weight is 756 g/mol. The minimum absolute atomic E-state index is 0.226. The van der Waals surface area contributed by atoms with Gasteiger partial charge in [0, 0.05) is 61.2 Å². The molecule has 0 radical (unpaired) electrons. The summed E-state index contributed by atoms with van der Waals surface area (Å²) in [5.41, 5.74) is 14.7. The van der Waals surface area contributed by atoms with Crippen LogP contribution in [-0.4, -0.2) is 24.1 Å². The van der Waals surface area contributed by atoms with Crippen LogP contribution in [0.5, 0.6) is 0 Å². The molecule has 2 atom stereocenters. The van der Waals surface area contributed by atoms with Crippen molar-refractivity contribution in [3.05, 3.63) is 206 Å². The van der Waals surface area contributed by atoms with Crippen LogP contribution in [0.1, 0.15) is 12.2 Å². The van der Waals surface area contributed by atoms with Gasteiger partial charge in [-0.3, -0.25) is 0 Å². The molecule has 0 bridgehead atoms. The summed E-state index contributed by atoms with van der Waals surface area (Å²) in [6.07, 6.45) is 18.7. The lowest BCUT2D eigenvalue weighted by atomic mass is 9.99. The maximum Gasteiger partial charge on any atom is 0.164 e. The van der Waals surface area contributed by atoms with Crippen LogP contribution in [0.25, 0.3) is 88.8 Å². The molecule has 59 heavy (non-hydrogen) atoms. The van der Waals surface area contributed by atoms with Crippen molar-refractivity contribution in [1.29, 1.82) is 0 Å². The molecule has 0 amide bonds. The zero-order valence-electron chi connectivity index (χ0n) is 32.2. The number of rotatable bonds is 7. The van der Waals surface area contributed by atoms with E-state index in [0.29, 0.717) is 23.4 Å². The van der Waals surface area contributed by atoms with Gasteiger partial charge in [0.15, 0.2) is 17.5 Å². The Labute approximate surface area is 341 Å². The van der Waals surface area contributed by atoms with Gasteiger partial charge in [0.05, 0.1) is 16.7 Å². The first-order chi connectivity index (χ1) is 29.2. The van der Waals surface area contributed by atoms with E-state index in [0.717, 1.165) is 40.0 Å². The highest BCUT2D eigenvalue weighted by atomic mass is 15.0. The number of benzene rings is 6. The van der Waals surface area contributed by atoms with E-state index in [1.54, 1.807) is 0 Å². The van der Waals surface area contributed by atoms with Gasteiger partial charge in [-0.1, -0.05) is 157 Å². The first-order valence-electron chi connectivity index (χ1n) is 20.3. The molecule has 1 fully saturated rings. The molecule has 12 rings (SSSR count). The van der Waals surface area contributed by atoms with E-state index in [-0.39, 0.29) is 5.41 Å². The first kappa shape index (κ1) is 33.5. The highest BCUT2D eigenvalue weighted by Gasteiger charge is 2.51. The van der Waals surface area contributed by atoms with E-state index in [4.69, 9.17) is 15.0 Å². The molecular formula is C54H37N5. The molecule has 278 valence electrons. The Hall–Kier alpha value is -7.59. The van der Waals surface area contributed by atoms with Crippen LogP contribution in [0.4, 0.5) is 0 Å². The number of hydrogen-bond donors (Lipinski definition) is 0. The average Bonchev–Trinajstić information content (AvgIpc) is 3.92. The van der Waals surface area contributed by atoms with Crippen LogP contribution in [0.15, 0.2) is 200 Å². The molecule has 5 heteroatoms. The molecule has 6 aromatic carbocycles. The maximum absolute atomic E-state index is 5.06. The second-order valence-corrected chi connectivity index (χ2v) is 15.9. The van der Waals surface area contributed by atoms with E-state index in [1.165, 1.54) is 50.1 Å². The largest absolute Gasteiger partial charge is 0.340 e. The van der Waals surface area contributed by atoms with Gasteiger partial charge in [-0.15, -0.1) is 0 Å². The number of para-hydroxylation sites is 2. The van der Waals surface area contributed by atoms with E-state index < -0.39 is 0 Å². The standard InChI is InChI=1S/C54H37N5/c1-3-15-36(16-4-1)51-55-52(37-17-5-2-6-18-37)57-53(56-51)40-19-7-8-21-42(31-40)59-49-25-12-10-22-43(49)45-28-26-39(33-50(45)59)38-27-29-48-46(32-38)44-23-9-11-24-47(44)58(48)35-54-30-14-13-20-41(54)34-54/h1-20,22-33,41H,34-35H2. The van der Waals surface area contributed by atoms with Gasteiger partial charge < -0.3 is 9.13 Å². The number of nitrogens with zero attached hydrogens (tertiary/aromatic N) is 5. The fourth-order valence-corrected chi connectivity index (χ4v) is 9.32. The Morgan fingerprint density at radius 3 is 1.93 bits per heavy atom. The Morgan fingerprint density at radius 2 is 1.17 bits per heavy atom. The van der Waals surface area contributed by atoms with Crippen molar-refractivity contribution >= 4 is 54.9 Å². The third-order valence-electron chi connectivity index (χ3n) is 12.4. The van der Waals surface area contributed by atoms with Crippen molar-refractivity contribution < 1.29 is 0 Å². The van der Waals surface area contributed by atoms with Crippen molar-refractivity contribution in [2.45, 2.75) is 13.0 Å². The molecule has 0 N–H and O–H groups in total. The Kier molecular flexibility index (Phi) is 7.53. The number of allylic oxidation sites excluding steroid dienone is 9. The van der Waals surface area contributed by atoms with Gasteiger partial charge in [0.25, 0.3) is 0 Å². The minimum atomic E-state index is 0.226. The molecular weight excluding hydrogens is 719 g/mol. The number of hydrogen-bond acceptors (Lipinski definition) is 3. The van der Waals surface area contributed by atoms with Gasteiger partial charge in [0.2, 0.25) is 0 Å². The summed E-state index contributed by atoms with van der Waals surface area (Å²) >= 11 is 0. The van der Waals surface area contributed by atoms with Crippen molar-refractivity contribution in [3.8, 4) is 33.9 Å². The molecule has 3 aliphatic carbocycles. The molecule has 3 aliphatic rings. The van der Waals surface area contributed by atoms with Crippen LogP contribution < -0.4 is 0 Å². The summed E-state index contributed by atoms with van der Waals surface area (Å²) < 4.78 is 4.89. The molecule has 0 spiro atoms. The van der Waals surface area contributed by atoms with Crippen LogP contribution >= 0.6 is 0 Å². The van der Waals surface area contributed by atoms with Crippen molar-refractivity contribution in [2.24, 2.45) is 11.3 Å². The molecule has 9 aromatic rings. The number of fused-ring (bicyclic) bond motifs is 7. The van der Waals surface area contributed by atoms with Gasteiger partial charge in [0.1, 0.15) is 0 Å². The summed E-state index contributed by atoms with van der Waals surface area (Å²) in [4.78, 5) is 15.1. The fourth-order valence-electron chi connectivity index (χ4n) is 9.32. The van der Waals surface area contributed by atoms with Gasteiger partial charge in [-0.2, -0.15) is 0 Å². The minimum Gasteiger partial charge on any atom is -0.340 e. The third kappa shape index (κ3) is 5.59. The zero-order valence-corrected chi connectivity index (χ0v) is 32.2. The lowest BCUT2D eigenvalue weighted by Crippen LogP contribution is -2.12. The summed E-state index contributed by atoms with van der Waals surface area (Å²) in [6, 6.07) is 51.7. The second kappa shape index (κ2) is 13.2. The van der Waals surface area contributed by atoms with Crippen LogP contribution in [0, 0.1) is 11.3 Å². The second-order valence-electron chi connectivity index (χ2n) is 15.9. The fraction of sp³-hybridized carbons (Fsp3) is 0.0741. The molecule has 3 heterocycles. The Morgan fingerprint density at radius 1 is 0.542 bits per heavy atom. The summed E-state index contributed by atoms with van der Waals surface area (Å²) in [7, 11) is 0. The van der Waals surface area contributed by atoms with Crippen LogP contribution in [0.3, 0.4) is 0 Å². The normalized spacial score (nSPS) is 18.1. The Bertz CT molecular complexity index is 3310. The third-order valence-corrected chi connectivity index (χ3v) is 12.4. The molecule has 5 nitrogen and oxygen atoms in total. The summed E-state index contributed by atoms with van der Waals surface area (Å²) in [5, 5.41) is 4.97. The van der Waals surface area contributed by atoms with Crippen LogP contribution in [-0.2, 0) is 6.54 Å². The van der Waals surface area contributed by atoms with Crippen molar-refractivity contribution in [1.82, 2.24) is 24.1 Å². The Balaban J connectivity index is 0.995. The smallest absolute Gasteiger partial charge is 0.164 e. The molecule has 1 saturated carbocycles. The van der Waals surface area contributed by atoms with E-state index >= 15 is 0 Å². The highest BCUT2D eigenvalue weighted by molar-refractivity contribution is 6.13. The summed E-state index contributed by atoms with van der Waals surface area (Å²) in [6.45, 7) is 0.993. The molecule has 2 unspecified atom stereocenters. The molecule has 0 saturated heterocycles. The van der Waals surface area contributed by atoms with Crippen molar-refractivity contribution in [2.75, 3.05) is 0 Å². The van der Waals surface area contributed by atoms with Crippen LogP contribution in [0.2, 0.25) is 0 Å². The number of aromatic nitrogens is 5. The molecule has 3 aromatic heterocycles. The van der Waals surface area contributed by atoms with E-state index in [1.807, 2.05) is 72.8 Å². The first-order valence-corrected chi connectivity index (χ1v) is 20.3. The quantitative estimate of drug-likeness (QED) is 0.152. The lowest BCUT2D eigenvalue weighted by Gasteiger charge is -2.17. The summed E-state index contributed by atoms with van der Waals surface area (Å²) in [5.74, 6) is 2.50. The monoisotopic (exact) mass is 755 g/mol. The zero-order chi connectivity index (χ0) is 38.9. The molecule has 0 aliphatic heterocycles. The van der Waals surface area contributed by atoms with E-state index in [9.17, 15) is 0 Å². The van der Waals surface area contributed by atoms with Gasteiger partial charge in [-0.25, -0.2) is 15.0 Å². The predicted octanol–water partition coefficient (Wildman–Crippen LogP) is 12.9. The van der Waals surface area contributed by atoms with E-state index in [2.05, 4.69) is 136 Å². The van der Waals surface area contributed by atoms with Gasteiger partial charge in [-0.05, 0) is 65.9 Å². The van der Waals surface area contributed by atoms with Gasteiger partial charge >= 0.3 is 0 Å². The maximum atomic E-state index is 5.06. The lowest BCUT2D eigenvalue weighted by molar-refractivity contribution is 0.511. The predicted molar refractivity (Wildman–Crippen MR) is 242 cm³/mol. The highest BCUT2D eigenvalue weighted by Crippen LogP contribution is 2.58. The topological polar surface area (TPSA) is 48.5 Å².